The summed E-state index contributed by atoms with van der Waals surface area (Å²) in [6.45, 7) is 2.47. The monoisotopic (exact) mass is 335 g/mol. The van der Waals surface area contributed by atoms with Gasteiger partial charge in [-0.3, -0.25) is 0 Å². The largest absolute Gasteiger partial charge is 0.573 e. The van der Waals surface area contributed by atoms with Gasteiger partial charge in [-0.2, -0.15) is 0 Å². The predicted molar refractivity (Wildman–Crippen MR) is 86.9 cm³/mol. The number of ether oxygens (including phenoxy) is 2. The van der Waals surface area contributed by atoms with Crippen molar-refractivity contribution < 1.29 is 22.6 Å². The van der Waals surface area contributed by atoms with Crippen LogP contribution >= 0.6 is 0 Å². The van der Waals surface area contributed by atoms with Gasteiger partial charge >= 0.3 is 6.36 Å². The van der Waals surface area contributed by atoms with Gasteiger partial charge in [0.25, 0.3) is 0 Å². The van der Waals surface area contributed by atoms with E-state index in [2.05, 4.69) is 4.74 Å². The molecular formula is C18H16F3NO2. The first-order valence-corrected chi connectivity index (χ1v) is 7.46. The number of nitrogens with two attached hydrogens (primary N) is 1. The van der Waals surface area contributed by atoms with Gasteiger partial charge in [0.2, 0.25) is 0 Å². The molecule has 0 spiro atoms. The Labute approximate surface area is 137 Å². The summed E-state index contributed by atoms with van der Waals surface area (Å²) >= 11 is 0. The Balaban J connectivity index is 2.01. The summed E-state index contributed by atoms with van der Waals surface area (Å²) in [6, 6.07) is 7.47. The number of rotatable bonds is 3. The number of hydrogen-bond donors (Lipinski definition) is 1. The molecule has 1 aliphatic heterocycles. The molecule has 0 aliphatic carbocycles. The molecule has 2 aromatic carbocycles. The van der Waals surface area contributed by atoms with Gasteiger partial charge in [0.1, 0.15) is 11.5 Å². The molecule has 1 heterocycles. The lowest BCUT2D eigenvalue weighted by atomic mass is 9.95. The Bertz CT molecular complexity index is 780. The van der Waals surface area contributed by atoms with Crippen molar-refractivity contribution in [2.24, 2.45) is 0 Å². The standard InChI is InChI=1S/C18H16F3NO2/c1-2-3-13-14-8-9-23-17(14)15(10-16(13)22)11-4-6-12(7-5-11)24-18(19,20)21/h2-7,10H,8-9,22H2,1H3. The second kappa shape index (κ2) is 6.11. The average molecular weight is 335 g/mol. The molecule has 24 heavy (non-hydrogen) atoms. The zero-order chi connectivity index (χ0) is 17.3. The number of hydrogen-bond acceptors (Lipinski definition) is 3. The Morgan fingerprint density at radius 2 is 1.92 bits per heavy atom. The number of fused-ring (bicyclic) bond motifs is 1. The van der Waals surface area contributed by atoms with Crippen molar-refractivity contribution in [3.8, 4) is 22.6 Å². The quantitative estimate of drug-likeness (QED) is 0.819. The van der Waals surface area contributed by atoms with Gasteiger partial charge in [-0.05, 0) is 30.7 Å². The number of alkyl halides is 3. The Kier molecular flexibility index (Phi) is 4.13. The van der Waals surface area contributed by atoms with Gasteiger partial charge in [-0.15, -0.1) is 13.2 Å². The Morgan fingerprint density at radius 3 is 2.54 bits per heavy atom. The highest BCUT2D eigenvalue weighted by atomic mass is 19.4. The van der Waals surface area contributed by atoms with Gasteiger partial charge in [-0.1, -0.05) is 24.3 Å². The van der Waals surface area contributed by atoms with Crippen molar-refractivity contribution in [3.63, 3.8) is 0 Å². The number of benzene rings is 2. The van der Waals surface area contributed by atoms with Gasteiger partial charge in [0.15, 0.2) is 0 Å². The van der Waals surface area contributed by atoms with Crippen LogP contribution in [0.3, 0.4) is 0 Å². The molecule has 0 amide bonds. The molecular weight excluding hydrogens is 319 g/mol. The molecule has 2 aromatic rings. The maximum absolute atomic E-state index is 12.2. The minimum atomic E-state index is -4.70. The van der Waals surface area contributed by atoms with E-state index in [0.717, 1.165) is 34.4 Å². The van der Waals surface area contributed by atoms with Gasteiger partial charge in [-0.25, -0.2) is 0 Å². The number of nitrogen functional groups attached to an aromatic ring is 1. The smallest absolute Gasteiger partial charge is 0.492 e. The summed E-state index contributed by atoms with van der Waals surface area (Å²) in [5.74, 6) is 0.476. The van der Waals surface area contributed by atoms with Crippen molar-refractivity contribution in [2.75, 3.05) is 12.3 Å². The highest BCUT2D eigenvalue weighted by molar-refractivity contribution is 5.83. The molecule has 126 valence electrons. The summed E-state index contributed by atoms with van der Waals surface area (Å²) in [7, 11) is 0. The fraction of sp³-hybridized carbons (Fsp3) is 0.222. The van der Waals surface area contributed by atoms with E-state index in [9.17, 15) is 13.2 Å². The van der Waals surface area contributed by atoms with Crippen molar-refractivity contribution in [2.45, 2.75) is 19.7 Å². The molecule has 3 rings (SSSR count). The average Bonchev–Trinajstić information content (AvgIpc) is 2.98. The van der Waals surface area contributed by atoms with E-state index in [1.54, 1.807) is 18.2 Å². The summed E-state index contributed by atoms with van der Waals surface area (Å²) in [5, 5.41) is 0. The molecule has 0 saturated heterocycles. The first-order chi connectivity index (χ1) is 11.4. The van der Waals surface area contributed by atoms with E-state index >= 15 is 0 Å². The second-order valence-electron chi connectivity index (χ2n) is 5.41. The fourth-order valence-corrected chi connectivity index (χ4v) is 2.84. The lowest BCUT2D eigenvalue weighted by Crippen LogP contribution is -2.16. The lowest BCUT2D eigenvalue weighted by molar-refractivity contribution is -0.274. The first kappa shape index (κ1) is 16.2. The first-order valence-electron chi connectivity index (χ1n) is 7.46. The van der Waals surface area contributed by atoms with Crippen LogP contribution in [-0.2, 0) is 6.42 Å². The lowest BCUT2D eigenvalue weighted by Gasteiger charge is -2.14. The predicted octanol–water partition coefficient (Wildman–Crippen LogP) is 4.80. The van der Waals surface area contributed by atoms with Crippen LogP contribution < -0.4 is 15.2 Å². The third-order valence-corrected chi connectivity index (χ3v) is 3.79. The minimum Gasteiger partial charge on any atom is -0.492 e. The Morgan fingerprint density at radius 1 is 1.21 bits per heavy atom. The maximum Gasteiger partial charge on any atom is 0.573 e. The molecule has 1 aliphatic rings. The topological polar surface area (TPSA) is 44.5 Å². The third kappa shape index (κ3) is 3.18. The number of allylic oxidation sites excluding steroid dienone is 1. The minimum absolute atomic E-state index is 0.262. The van der Waals surface area contributed by atoms with E-state index in [1.165, 1.54) is 12.1 Å². The summed E-state index contributed by atoms with van der Waals surface area (Å²) < 4.78 is 46.4. The van der Waals surface area contributed by atoms with Crippen LogP contribution in [-0.4, -0.2) is 13.0 Å². The molecule has 0 fully saturated rings. The van der Waals surface area contributed by atoms with Crippen LogP contribution in [0.5, 0.6) is 11.5 Å². The van der Waals surface area contributed by atoms with E-state index < -0.39 is 6.36 Å². The summed E-state index contributed by atoms with van der Waals surface area (Å²) in [6.07, 6.45) is -0.104. The number of halogens is 3. The summed E-state index contributed by atoms with van der Waals surface area (Å²) in [4.78, 5) is 0. The van der Waals surface area contributed by atoms with E-state index in [4.69, 9.17) is 10.5 Å². The molecule has 0 unspecified atom stereocenters. The zero-order valence-corrected chi connectivity index (χ0v) is 13.0. The van der Waals surface area contributed by atoms with Crippen molar-refractivity contribution in [1.29, 1.82) is 0 Å². The maximum atomic E-state index is 12.2. The molecule has 0 atom stereocenters. The van der Waals surface area contributed by atoms with Gasteiger partial charge < -0.3 is 15.2 Å². The summed E-state index contributed by atoms with van der Waals surface area (Å²) in [5.41, 5.74) is 10.2. The molecule has 3 nitrogen and oxygen atoms in total. The van der Waals surface area contributed by atoms with E-state index in [1.807, 2.05) is 19.1 Å². The normalized spacial score (nSPS) is 13.8. The SMILES string of the molecule is CC=Cc1c(N)cc(-c2ccc(OC(F)(F)F)cc2)c2c1CCO2. The zero-order valence-electron chi connectivity index (χ0n) is 13.0. The molecule has 0 bridgehead atoms. The van der Waals surface area contributed by atoms with Crippen LogP contribution in [0, 0.1) is 0 Å². The van der Waals surface area contributed by atoms with E-state index in [-0.39, 0.29) is 5.75 Å². The van der Waals surface area contributed by atoms with Gasteiger partial charge in [0.05, 0.1) is 6.61 Å². The van der Waals surface area contributed by atoms with E-state index in [0.29, 0.717) is 12.3 Å². The molecule has 0 saturated carbocycles. The highest BCUT2D eigenvalue weighted by Gasteiger charge is 2.31. The number of anilines is 1. The molecule has 0 aromatic heterocycles. The molecule has 6 heteroatoms. The second-order valence-corrected chi connectivity index (χ2v) is 5.41. The Hall–Kier alpha value is -2.63. The third-order valence-electron chi connectivity index (χ3n) is 3.79. The highest BCUT2D eigenvalue weighted by Crippen LogP contribution is 2.42. The van der Waals surface area contributed by atoms with Crippen molar-refractivity contribution in [3.05, 3.63) is 47.5 Å². The van der Waals surface area contributed by atoms with Crippen LogP contribution in [0.15, 0.2) is 36.4 Å². The molecule has 0 radical (unpaired) electrons. The van der Waals surface area contributed by atoms with Crippen LogP contribution in [0.1, 0.15) is 18.1 Å². The van der Waals surface area contributed by atoms with Crippen LogP contribution in [0.4, 0.5) is 18.9 Å². The van der Waals surface area contributed by atoms with Crippen molar-refractivity contribution in [1.82, 2.24) is 0 Å². The molecule has 2 N–H and O–H groups in total. The fourth-order valence-electron chi connectivity index (χ4n) is 2.84. The van der Waals surface area contributed by atoms with Gasteiger partial charge in [0, 0.05) is 28.8 Å². The van der Waals surface area contributed by atoms with Crippen molar-refractivity contribution >= 4 is 11.8 Å². The van der Waals surface area contributed by atoms with Crippen LogP contribution in [0.2, 0.25) is 0 Å². The van der Waals surface area contributed by atoms with Crippen LogP contribution in [0.25, 0.3) is 17.2 Å².